The third kappa shape index (κ3) is 2.91. The predicted octanol–water partition coefficient (Wildman–Crippen LogP) is 0.549. The Hall–Kier alpha value is -1.13. The second-order valence-corrected chi connectivity index (χ2v) is 3.28. The van der Waals surface area contributed by atoms with Crippen molar-refractivity contribution in [3.63, 3.8) is 0 Å². The van der Waals surface area contributed by atoms with E-state index < -0.39 is 0 Å². The summed E-state index contributed by atoms with van der Waals surface area (Å²) in [5, 5.41) is 3.21. The van der Waals surface area contributed by atoms with E-state index in [0.29, 0.717) is 0 Å². The third-order valence-corrected chi connectivity index (χ3v) is 2.33. The minimum atomic E-state index is 0. The van der Waals surface area contributed by atoms with E-state index in [1.807, 2.05) is 4.90 Å². The van der Waals surface area contributed by atoms with Gasteiger partial charge in [0.15, 0.2) is 0 Å². The van der Waals surface area contributed by atoms with Gasteiger partial charge in [-0.2, -0.15) is 0 Å². The lowest BCUT2D eigenvalue weighted by molar-refractivity contribution is 0.0735. The first-order valence-electron chi connectivity index (χ1n) is 4.78. The molecule has 1 aromatic heterocycles. The summed E-state index contributed by atoms with van der Waals surface area (Å²) in [6, 6.07) is 3.51. The summed E-state index contributed by atoms with van der Waals surface area (Å²) in [5.41, 5.74) is 0.724. The fraction of sp³-hybridized carbons (Fsp3) is 0.400. The topological polar surface area (TPSA) is 45.2 Å². The summed E-state index contributed by atoms with van der Waals surface area (Å²) in [6.45, 7) is 3.36. The van der Waals surface area contributed by atoms with Crippen molar-refractivity contribution in [1.82, 2.24) is 15.2 Å². The number of carbonyl (C=O) groups excluding carboxylic acids is 1. The van der Waals surface area contributed by atoms with E-state index in [2.05, 4.69) is 10.3 Å². The van der Waals surface area contributed by atoms with Crippen molar-refractivity contribution in [1.29, 1.82) is 0 Å². The molecule has 1 aliphatic heterocycles. The quantitative estimate of drug-likeness (QED) is 0.762. The van der Waals surface area contributed by atoms with Gasteiger partial charge in [0.2, 0.25) is 0 Å². The van der Waals surface area contributed by atoms with Crippen molar-refractivity contribution in [3.05, 3.63) is 30.1 Å². The molecule has 0 bridgehead atoms. The fourth-order valence-corrected chi connectivity index (χ4v) is 1.54. The summed E-state index contributed by atoms with van der Waals surface area (Å²) in [7, 11) is 0. The number of amides is 1. The van der Waals surface area contributed by atoms with Crippen LogP contribution in [0.25, 0.3) is 0 Å². The van der Waals surface area contributed by atoms with Gasteiger partial charge in [0.05, 0.1) is 0 Å². The Kier molecular flexibility index (Phi) is 4.52. The van der Waals surface area contributed by atoms with Gasteiger partial charge in [0, 0.05) is 44.1 Å². The van der Waals surface area contributed by atoms with Crippen LogP contribution in [0.15, 0.2) is 24.5 Å². The highest BCUT2D eigenvalue weighted by Gasteiger charge is 2.16. The minimum Gasteiger partial charge on any atom is -0.336 e. The number of hydrogen-bond donors (Lipinski definition) is 1. The number of halogens is 1. The monoisotopic (exact) mass is 227 g/mol. The van der Waals surface area contributed by atoms with E-state index >= 15 is 0 Å². The van der Waals surface area contributed by atoms with Crippen LogP contribution in [0.3, 0.4) is 0 Å². The molecule has 15 heavy (non-hydrogen) atoms. The molecule has 1 amide bonds. The van der Waals surface area contributed by atoms with Crippen LogP contribution in [0.2, 0.25) is 0 Å². The fourth-order valence-electron chi connectivity index (χ4n) is 1.54. The normalized spacial score (nSPS) is 15.6. The summed E-state index contributed by atoms with van der Waals surface area (Å²) >= 11 is 0. The first-order chi connectivity index (χ1) is 6.88. The first-order valence-corrected chi connectivity index (χ1v) is 4.78. The Balaban J connectivity index is 0.00000112. The molecule has 0 spiro atoms. The summed E-state index contributed by atoms with van der Waals surface area (Å²) in [5.74, 6) is 0.105. The second-order valence-electron chi connectivity index (χ2n) is 3.28. The third-order valence-electron chi connectivity index (χ3n) is 2.33. The number of pyridine rings is 1. The maximum atomic E-state index is 11.9. The zero-order valence-corrected chi connectivity index (χ0v) is 9.17. The SMILES string of the molecule is Cl.O=C(c1ccncc1)N1CCNCC1. The molecule has 5 heteroatoms. The van der Waals surface area contributed by atoms with Crippen LogP contribution < -0.4 is 5.32 Å². The first kappa shape index (κ1) is 11.9. The highest BCUT2D eigenvalue weighted by Crippen LogP contribution is 2.03. The molecule has 82 valence electrons. The Morgan fingerprint density at radius 2 is 1.87 bits per heavy atom. The van der Waals surface area contributed by atoms with E-state index in [-0.39, 0.29) is 18.3 Å². The van der Waals surface area contributed by atoms with Crippen molar-refractivity contribution in [2.75, 3.05) is 26.2 Å². The van der Waals surface area contributed by atoms with Crippen molar-refractivity contribution in [2.45, 2.75) is 0 Å². The van der Waals surface area contributed by atoms with E-state index in [1.165, 1.54) is 0 Å². The van der Waals surface area contributed by atoms with Gasteiger partial charge >= 0.3 is 0 Å². The van der Waals surface area contributed by atoms with Gasteiger partial charge in [0.1, 0.15) is 0 Å². The maximum absolute atomic E-state index is 11.9. The molecule has 0 unspecified atom stereocenters. The summed E-state index contributed by atoms with van der Waals surface area (Å²) in [4.78, 5) is 17.6. The molecular formula is C10H14ClN3O. The van der Waals surface area contributed by atoms with Crippen LogP contribution in [0.4, 0.5) is 0 Å². The number of hydrogen-bond acceptors (Lipinski definition) is 3. The second kappa shape index (κ2) is 5.68. The molecule has 1 N–H and O–H groups in total. The molecule has 0 saturated carbocycles. The zero-order valence-electron chi connectivity index (χ0n) is 8.35. The van der Waals surface area contributed by atoms with Crippen molar-refractivity contribution < 1.29 is 4.79 Å². The number of aromatic nitrogens is 1. The van der Waals surface area contributed by atoms with Gasteiger partial charge in [-0.25, -0.2) is 0 Å². The molecule has 0 aliphatic carbocycles. The predicted molar refractivity (Wildman–Crippen MR) is 60.3 cm³/mol. The number of nitrogens with zero attached hydrogens (tertiary/aromatic N) is 2. The van der Waals surface area contributed by atoms with Gasteiger partial charge in [0.25, 0.3) is 5.91 Å². The summed E-state index contributed by atoms with van der Waals surface area (Å²) < 4.78 is 0. The minimum absolute atomic E-state index is 0. The van der Waals surface area contributed by atoms with Crippen LogP contribution in [-0.4, -0.2) is 42.0 Å². The van der Waals surface area contributed by atoms with Crippen LogP contribution in [0.1, 0.15) is 10.4 Å². The molecule has 1 saturated heterocycles. The van der Waals surface area contributed by atoms with Crippen LogP contribution >= 0.6 is 12.4 Å². The zero-order chi connectivity index (χ0) is 9.80. The average Bonchev–Trinajstić information content (AvgIpc) is 2.30. The van der Waals surface area contributed by atoms with Crippen LogP contribution in [-0.2, 0) is 0 Å². The van der Waals surface area contributed by atoms with E-state index in [1.54, 1.807) is 24.5 Å². The molecule has 1 fully saturated rings. The average molecular weight is 228 g/mol. The molecule has 2 heterocycles. The van der Waals surface area contributed by atoms with Crippen molar-refractivity contribution >= 4 is 18.3 Å². The molecule has 0 radical (unpaired) electrons. The molecule has 1 aliphatic rings. The smallest absolute Gasteiger partial charge is 0.254 e. The number of carbonyl (C=O) groups is 1. The Morgan fingerprint density at radius 1 is 1.27 bits per heavy atom. The molecule has 2 rings (SSSR count). The van der Waals surface area contributed by atoms with Crippen LogP contribution in [0.5, 0.6) is 0 Å². The standard InChI is InChI=1S/C10H13N3O.ClH/c14-10(9-1-3-11-4-2-9)13-7-5-12-6-8-13;/h1-4,12H,5-8H2;1H. The Morgan fingerprint density at radius 3 is 2.47 bits per heavy atom. The largest absolute Gasteiger partial charge is 0.336 e. The van der Waals surface area contributed by atoms with Gasteiger partial charge < -0.3 is 10.2 Å². The van der Waals surface area contributed by atoms with Crippen molar-refractivity contribution in [2.24, 2.45) is 0 Å². The van der Waals surface area contributed by atoms with Crippen LogP contribution in [0, 0.1) is 0 Å². The summed E-state index contributed by atoms with van der Waals surface area (Å²) in [6.07, 6.45) is 3.30. The molecule has 4 nitrogen and oxygen atoms in total. The number of nitrogens with one attached hydrogen (secondary N) is 1. The highest BCUT2D eigenvalue weighted by molar-refractivity contribution is 5.94. The van der Waals surface area contributed by atoms with Crippen molar-refractivity contribution in [3.8, 4) is 0 Å². The van der Waals surface area contributed by atoms with Gasteiger partial charge in [-0.3, -0.25) is 9.78 Å². The Bertz CT molecular complexity index is 312. The lowest BCUT2D eigenvalue weighted by Crippen LogP contribution is -2.46. The number of piperazine rings is 1. The van der Waals surface area contributed by atoms with Gasteiger partial charge in [-0.1, -0.05) is 0 Å². The van der Waals surface area contributed by atoms with E-state index in [0.717, 1.165) is 31.7 Å². The molecule has 1 aromatic rings. The molecular weight excluding hydrogens is 214 g/mol. The Labute approximate surface area is 95.1 Å². The molecule has 0 aromatic carbocycles. The lowest BCUT2D eigenvalue weighted by Gasteiger charge is -2.27. The molecule has 0 atom stereocenters. The number of rotatable bonds is 1. The lowest BCUT2D eigenvalue weighted by atomic mass is 10.2. The highest BCUT2D eigenvalue weighted by atomic mass is 35.5. The maximum Gasteiger partial charge on any atom is 0.254 e. The van der Waals surface area contributed by atoms with E-state index in [9.17, 15) is 4.79 Å². The van der Waals surface area contributed by atoms with Gasteiger partial charge in [-0.15, -0.1) is 12.4 Å². The van der Waals surface area contributed by atoms with E-state index in [4.69, 9.17) is 0 Å². The van der Waals surface area contributed by atoms with Gasteiger partial charge in [-0.05, 0) is 12.1 Å².